The molecule has 2 aromatic heterocycles. The van der Waals surface area contributed by atoms with Crippen LogP contribution in [0.25, 0.3) is 10.9 Å². The van der Waals surface area contributed by atoms with Crippen LogP contribution in [0.1, 0.15) is 7.85 Å². The molecule has 0 radical (unpaired) electrons. The van der Waals surface area contributed by atoms with Crippen LogP contribution in [0, 0.1) is 0 Å². The van der Waals surface area contributed by atoms with E-state index in [1.165, 1.54) is 20.5 Å². The van der Waals surface area contributed by atoms with Gasteiger partial charge >= 0.3 is 41.2 Å². The molecule has 4 rings (SSSR count). The molecule has 9 nitrogen and oxygen atoms in total. The number of hydrogen-bond donors (Lipinski definition) is 1. The van der Waals surface area contributed by atoms with Crippen molar-refractivity contribution in [2.45, 2.75) is 19.5 Å². The average molecular weight is 483 g/mol. The molecular weight excluding hydrogens is 455 g/mol. The Morgan fingerprint density at radius 3 is 2.36 bits per heavy atom. The predicted molar refractivity (Wildman–Crippen MR) is 125 cm³/mol. The van der Waals surface area contributed by atoms with E-state index in [-0.39, 0.29) is 56.1 Å². The summed E-state index contributed by atoms with van der Waals surface area (Å²) >= 11 is 1.34. The molecule has 0 saturated carbocycles. The van der Waals surface area contributed by atoms with Crippen LogP contribution < -0.4 is 50.4 Å². The maximum atomic E-state index is 13.0. The van der Waals surface area contributed by atoms with Crippen LogP contribution in [0.2, 0.25) is 0 Å². The number of methoxy groups -OCH3 is 1. The fourth-order valence-corrected chi connectivity index (χ4v) is 4.83. The van der Waals surface area contributed by atoms with E-state index in [9.17, 15) is 14.4 Å². The molecule has 11 heteroatoms. The molecule has 0 aliphatic carbocycles. The molecule has 3 aromatic rings. The van der Waals surface area contributed by atoms with E-state index in [2.05, 4.69) is 9.80 Å². The number of hydrogen-bond acceptors (Lipinski definition) is 7. The zero-order valence-corrected chi connectivity index (χ0v) is 21.7. The first-order valence-electron chi connectivity index (χ1n) is 10.5. The summed E-state index contributed by atoms with van der Waals surface area (Å²) in [5.41, 5.74) is 0.898. The minimum Gasteiger partial charge on any atom is -1.00 e. The first-order chi connectivity index (χ1) is 15.5. The molecule has 1 saturated heterocycles. The number of carboxylic acids is 1. The molecular formula is C22H27N4NaO5S. The number of nitrogens with zero attached hydrogens (tertiary/aromatic N) is 4. The number of aryl methyl sites for hydroxylation is 1. The van der Waals surface area contributed by atoms with Crippen LogP contribution in [0.3, 0.4) is 0 Å². The van der Waals surface area contributed by atoms with Crippen LogP contribution >= 0.6 is 11.3 Å². The fraction of sp³-hybridized carbons (Fsp3) is 0.409. The Bertz CT molecular complexity index is 1220. The third-order valence-corrected chi connectivity index (χ3v) is 6.60. The van der Waals surface area contributed by atoms with Crippen LogP contribution in [-0.4, -0.2) is 64.9 Å². The molecule has 0 bridgehead atoms. The maximum Gasteiger partial charge on any atom is 1.00 e. The van der Waals surface area contributed by atoms with E-state index in [1.807, 2.05) is 24.3 Å². The van der Waals surface area contributed by atoms with Crippen LogP contribution in [-0.2, 0) is 17.9 Å². The van der Waals surface area contributed by atoms with E-state index in [0.717, 1.165) is 37.6 Å². The van der Waals surface area contributed by atoms with Crippen molar-refractivity contribution in [1.82, 2.24) is 14.0 Å². The van der Waals surface area contributed by atoms with Crippen molar-refractivity contribution in [2.24, 2.45) is 0 Å². The van der Waals surface area contributed by atoms with Crippen molar-refractivity contribution in [1.29, 1.82) is 0 Å². The number of ether oxygens (including phenoxy) is 1. The molecule has 0 unspecified atom stereocenters. The topological polar surface area (TPSA) is 97.0 Å². The molecule has 33 heavy (non-hydrogen) atoms. The van der Waals surface area contributed by atoms with Gasteiger partial charge in [-0.05, 0) is 24.3 Å². The molecule has 1 aliphatic heterocycles. The average Bonchev–Trinajstić information content (AvgIpc) is 3.29. The van der Waals surface area contributed by atoms with Crippen LogP contribution in [0.5, 0.6) is 5.75 Å². The Balaban J connectivity index is 0.00000204. The first kappa shape index (κ1) is 25.5. The standard InChI is InChI=1S/C22H26N4O5S.Na.H/c1-31-17-4-2-16(3-5-17)24-11-8-23(9-12-24)10-13-26-21(29)18-14-32-15-19(18)25(22(26)30)7-6-20(27)28;;/h2-5,14-15H,6-13H2,1H3,(H,27,28);;/q;+1;-1. The van der Waals surface area contributed by atoms with Gasteiger partial charge in [0.15, 0.2) is 0 Å². The Hall–Kier alpha value is -2.11. The number of carbonyl (C=O) groups is 1. The minimum absolute atomic E-state index is 0. The van der Waals surface area contributed by atoms with Crippen molar-refractivity contribution in [3.05, 3.63) is 55.9 Å². The van der Waals surface area contributed by atoms with Gasteiger partial charge in [-0.25, -0.2) is 4.79 Å². The van der Waals surface area contributed by atoms with E-state index in [0.29, 0.717) is 17.4 Å². The van der Waals surface area contributed by atoms with Gasteiger partial charge in [0.05, 0.1) is 24.4 Å². The van der Waals surface area contributed by atoms with Gasteiger partial charge in [0.2, 0.25) is 0 Å². The van der Waals surface area contributed by atoms with Crippen molar-refractivity contribution in [2.75, 3.05) is 44.7 Å². The number of thiophene rings is 1. The summed E-state index contributed by atoms with van der Waals surface area (Å²) < 4.78 is 7.86. The zero-order valence-electron chi connectivity index (χ0n) is 19.9. The number of benzene rings is 1. The van der Waals surface area contributed by atoms with Gasteiger partial charge in [-0.2, -0.15) is 0 Å². The van der Waals surface area contributed by atoms with Gasteiger partial charge in [-0.15, -0.1) is 11.3 Å². The Morgan fingerprint density at radius 1 is 1.03 bits per heavy atom. The SMILES string of the molecule is COc1ccc(N2CCN(CCn3c(=O)c4cscc4n(CCC(=O)O)c3=O)CC2)cc1.[H-].[Na+]. The quantitative estimate of drug-likeness (QED) is 0.397. The molecule has 1 aliphatic rings. The summed E-state index contributed by atoms with van der Waals surface area (Å²) in [5, 5.41) is 12.9. The number of piperazine rings is 1. The minimum atomic E-state index is -0.979. The summed E-state index contributed by atoms with van der Waals surface area (Å²) in [6.07, 6.45) is -0.170. The van der Waals surface area contributed by atoms with Gasteiger partial charge in [0.1, 0.15) is 5.75 Å². The second kappa shape index (κ2) is 11.3. The number of fused-ring (bicyclic) bond motifs is 1. The Kier molecular flexibility index (Phi) is 8.77. The number of anilines is 1. The van der Waals surface area contributed by atoms with Gasteiger partial charge in [0.25, 0.3) is 5.56 Å². The molecule has 172 valence electrons. The Labute approximate surface area is 218 Å². The zero-order chi connectivity index (χ0) is 22.7. The van der Waals surface area contributed by atoms with Gasteiger partial charge in [0, 0.05) is 62.3 Å². The van der Waals surface area contributed by atoms with Gasteiger partial charge in [-0.1, -0.05) is 0 Å². The number of aliphatic carboxylic acids is 1. The predicted octanol–water partition coefficient (Wildman–Crippen LogP) is -1.35. The maximum absolute atomic E-state index is 13.0. The van der Waals surface area contributed by atoms with Crippen molar-refractivity contribution < 1.29 is 45.6 Å². The first-order valence-corrected chi connectivity index (χ1v) is 11.4. The normalized spacial score (nSPS) is 14.3. The van der Waals surface area contributed by atoms with E-state index >= 15 is 0 Å². The second-order valence-electron chi connectivity index (χ2n) is 7.73. The summed E-state index contributed by atoms with van der Waals surface area (Å²) in [6, 6.07) is 7.99. The molecule has 1 fully saturated rings. The molecule has 3 heterocycles. The largest absolute Gasteiger partial charge is 1.00 e. The molecule has 1 N–H and O–H groups in total. The monoisotopic (exact) mass is 482 g/mol. The third-order valence-electron chi connectivity index (χ3n) is 5.87. The third kappa shape index (κ3) is 5.70. The molecule has 1 aromatic carbocycles. The second-order valence-corrected chi connectivity index (χ2v) is 8.48. The van der Waals surface area contributed by atoms with Gasteiger partial charge < -0.3 is 16.2 Å². The van der Waals surface area contributed by atoms with Crippen molar-refractivity contribution in [3.8, 4) is 5.75 Å². The van der Waals surface area contributed by atoms with E-state index in [4.69, 9.17) is 9.84 Å². The summed E-state index contributed by atoms with van der Waals surface area (Å²) in [6.45, 7) is 4.27. The summed E-state index contributed by atoms with van der Waals surface area (Å²) in [5.74, 6) is -0.151. The summed E-state index contributed by atoms with van der Waals surface area (Å²) in [7, 11) is 1.65. The summed E-state index contributed by atoms with van der Waals surface area (Å²) in [4.78, 5) is 41.4. The van der Waals surface area contributed by atoms with Crippen molar-refractivity contribution >= 4 is 33.9 Å². The smallest absolute Gasteiger partial charge is 1.00 e. The number of rotatable bonds is 8. The van der Waals surface area contributed by atoms with E-state index in [1.54, 1.807) is 17.9 Å². The molecule has 0 spiro atoms. The fourth-order valence-electron chi connectivity index (χ4n) is 4.03. The van der Waals surface area contributed by atoms with Crippen molar-refractivity contribution in [3.63, 3.8) is 0 Å². The van der Waals surface area contributed by atoms with Crippen LogP contribution in [0.4, 0.5) is 5.69 Å². The van der Waals surface area contributed by atoms with E-state index < -0.39 is 11.7 Å². The number of carboxylic acid groups (broad SMARTS) is 1. The Morgan fingerprint density at radius 2 is 1.73 bits per heavy atom. The van der Waals surface area contributed by atoms with Crippen LogP contribution in [0.15, 0.2) is 44.6 Å². The molecule has 0 atom stereocenters. The molecule has 0 amide bonds. The van der Waals surface area contributed by atoms with Gasteiger partial charge in [-0.3, -0.25) is 23.6 Å². The number of aromatic nitrogens is 2.